The second kappa shape index (κ2) is 8.71. The molecule has 4 saturated carbocycles. The third-order valence-electron chi connectivity index (χ3n) is 10.0. The molecule has 1 aromatic heterocycles. The minimum atomic E-state index is -0.0778. The maximum Gasteiger partial charge on any atom is 0.136 e. The number of aliphatic hydroxyl groups is 1. The summed E-state index contributed by atoms with van der Waals surface area (Å²) in [5, 5.41) is 23.4. The lowest BCUT2D eigenvalue weighted by Crippen LogP contribution is -2.54. The van der Waals surface area contributed by atoms with Crippen molar-refractivity contribution < 1.29 is 9.94 Å². The summed E-state index contributed by atoms with van der Waals surface area (Å²) in [6.45, 7) is 6.72. The first-order chi connectivity index (χ1) is 15.4. The summed E-state index contributed by atoms with van der Waals surface area (Å²) < 4.78 is 1.81. The molecule has 0 amide bonds. The molecule has 0 spiro atoms. The van der Waals surface area contributed by atoms with Gasteiger partial charge in [0.05, 0.1) is 24.1 Å². The fourth-order valence-electron chi connectivity index (χ4n) is 8.10. The fourth-order valence-corrected chi connectivity index (χ4v) is 8.10. The number of aliphatic hydroxyl groups excluding tert-OH is 1. The van der Waals surface area contributed by atoms with Gasteiger partial charge in [0.1, 0.15) is 6.61 Å². The van der Waals surface area contributed by atoms with E-state index >= 15 is 0 Å². The number of nitrogens with zero attached hydrogens (tertiary/aromatic N) is 4. The lowest BCUT2D eigenvalue weighted by molar-refractivity contribution is -0.112. The quantitative estimate of drug-likeness (QED) is 0.517. The molecule has 7 heteroatoms. The van der Waals surface area contributed by atoms with Crippen LogP contribution in [0.25, 0.3) is 0 Å². The topological polar surface area (TPSA) is 98.6 Å². The zero-order valence-electron chi connectivity index (χ0n) is 19.9. The molecule has 7 atom stereocenters. The van der Waals surface area contributed by atoms with Crippen LogP contribution in [0.3, 0.4) is 0 Å². The Kier molecular flexibility index (Phi) is 6.08. The zero-order chi connectivity index (χ0) is 22.3. The number of hydrogen-bond acceptors (Lipinski definition) is 6. The Morgan fingerprint density at radius 3 is 2.84 bits per heavy atom. The van der Waals surface area contributed by atoms with Crippen LogP contribution in [-0.4, -0.2) is 45.1 Å². The van der Waals surface area contributed by atoms with Gasteiger partial charge in [-0.3, -0.25) is 0 Å². The molecule has 4 fully saturated rings. The lowest BCUT2D eigenvalue weighted by Gasteiger charge is -2.60. The van der Waals surface area contributed by atoms with Crippen molar-refractivity contribution in [3.05, 3.63) is 11.9 Å². The van der Waals surface area contributed by atoms with E-state index in [9.17, 15) is 5.11 Å². The Bertz CT molecular complexity index is 840. The summed E-state index contributed by atoms with van der Waals surface area (Å²) in [6.07, 6.45) is 13.4. The highest BCUT2D eigenvalue weighted by atomic mass is 16.6. The molecule has 1 aromatic rings. The van der Waals surface area contributed by atoms with E-state index in [2.05, 4.69) is 29.3 Å². The van der Waals surface area contributed by atoms with Gasteiger partial charge in [-0.15, -0.1) is 5.10 Å². The van der Waals surface area contributed by atoms with Crippen LogP contribution in [0, 0.1) is 34.5 Å². The lowest BCUT2D eigenvalue weighted by atomic mass is 9.45. The fraction of sp³-hybridized carbons (Fsp3) is 0.880. The molecular formula is C25H41N5O2. The molecule has 32 heavy (non-hydrogen) atoms. The molecule has 0 aliphatic heterocycles. The highest BCUT2D eigenvalue weighted by molar-refractivity contribution is 5.85. The molecule has 0 aromatic carbocycles. The van der Waals surface area contributed by atoms with Crippen LogP contribution in [0.15, 0.2) is 11.4 Å². The molecule has 4 aliphatic carbocycles. The maximum absolute atomic E-state index is 10.7. The van der Waals surface area contributed by atoms with Crippen LogP contribution in [0.5, 0.6) is 0 Å². The monoisotopic (exact) mass is 443 g/mol. The van der Waals surface area contributed by atoms with E-state index < -0.39 is 0 Å². The van der Waals surface area contributed by atoms with Gasteiger partial charge in [-0.25, -0.2) is 4.68 Å². The van der Waals surface area contributed by atoms with Crippen molar-refractivity contribution in [3.63, 3.8) is 0 Å². The maximum atomic E-state index is 10.7. The Morgan fingerprint density at radius 1 is 1.16 bits per heavy atom. The Hall–Kier alpha value is -1.47. The van der Waals surface area contributed by atoms with E-state index in [-0.39, 0.29) is 11.5 Å². The number of aromatic nitrogens is 3. The first-order valence-electron chi connectivity index (χ1n) is 12.9. The number of hydrogen-bond donors (Lipinski definition) is 2. The zero-order valence-corrected chi connectivity index (χ0v) is 19.9. The van der Waals surface area contributed by atoms with Crippen molar-refractivity contribution in [2.45, 2.75) is 90.7 Å². The summed E-state index contributed by atoms with van der Waals surface area (Å²) >= 11 is 0. The normalized spacial score (nSPS) is 42.4. The Balaban J connectivity index is 1.17. The summed E-state index contributed by atoms with van der Waals surface area (Å²) in [7, 11) is 0. The molecule has 0 bridgehead atoms. The first-order valence-corrected chi connectivity index (χ1v) is 12.9. The van der Waals surface area contributed by atoms with Gasteiger partial charge >= 0.3 is 0 Å². The molecule has 3 N–H and O–H groups in total. The highest BCUT2D eigenvalue weighted by Gasteiger charge is 2.59. The molecule has 0 saturated heterocycles. The number of nitrogens with two attached hydrogens (primary N) is 1. The molecule has 0 radical (unpaired) electrons. The van der Waals surface area contributed by atoms with Gasteiger partial charge in [0.15, 0.2) is 0 Å². The molecule has 7 nitrogen and oxygen atoms in total. The average Bonchev–Trinajstić information content (AvgIpc) is 3.35. The highest BCUT2D eigenvalue weighted by Crippen LogP contribution is 2.65. The van der Waals surface area contributed by atoms with Gasteiger partial charge in [0.2, 0.25) is 0 Å². The van der Waals surface area contributed by atoms with Gasteiger partial charge in [-0.2, -0.15) is 0 Å². The van der Waals surface area contributed by atoms with Crippen molar-refractivity contribution in [1.29, 1.82) is 0 Å². The minimum absolute atomic E-state index is 0.0778. The van der Waals surface area contributed by atoms with Gasteiger partial charge in [-0.1, -0.05) is 24.2 Å². The van der Waals surface area contributed by atoms with Gasteiger partial charge < -0.3 is 15.7 Å². The number of oxime groups is 1. The van der Waals surface area contributed by atoms with E-state index in [4.69, 9.17) is 10.6 Å². The summed E-state index contributed by atoms with van der Waals surface area (Å²) in [6, 6.07) is 0. The van der Waals surface area contributed by atoms with Crippen LogP contribution in [0.1, 0.15) is 77.3 Å². The summed E-state index contributed by atoms with van der Waals surface area (Å²) in [5.74, 6) is 3.09. The SMILES string of the molecule is CC12CC[C@H]3C(CCC4CC(=NOCCn5cc(CCN)nn5)CCC43C)C1CCC2O. The number of rotatable bonds is 6. The third kappa shape index (κ3) is 3.79. The van der Waals surface area contributed by atoms with Crippen LogP contribution < -0.4 is 5.73 Å². The molecule has 5 rings (SSSR count). The second-order valence-corrected chi connectivity index (χ2v) is 11.5. The van der Waals surface area contributed by atoms with Crippen molar-refractivity contribution in [2.75, 3.05) is 13.2 Å². The van der Waals surface area contributed by atoms with Crippen molar-refractivity contribution in [3.8, 4) is 0 Å². The molecule has 178 valence electrons. The van der Waals surface area contributed by atoms with Crippen molar-refractivity contribution in [1.82, 2.24) is 15.0 Å². The predicted octanol–water partition coefficient (Wildman–Crippen LogP) is 3.56. The Morgan fingerprint density at radius 2 is 2.00 bits per heavy atom. The summed E-state index contributed by atoms with van der Waals surface area (Å²) in [4.78, 5) is 5.69. The van der Waals surface area contributed by atoms with Crippen molar-refractivity contribution >= 4 is 5.71 Å². The van der Waals surface area contributed by atoms with E-state index in [1.165, 1.54) is 44.2 Å². The molecular weight excluding hydrogens is 402 g/mol. The van der Waals surface area contributed by atoms with Crippen LogP contribution >= 0.6 is 0 Å². The third-order valence-corrected chi connectivity index (χ3v) is 10.0. The summed E-state index contributed by atoms with van der Waals surface area (Å²) in [5.41, 5.74) is 8.34. The molecule has 6 unspecified atom stereocenters. The molecule has 4 aliphatic rings. The van der Waals surface area contributed by atoms with Gasteiger partial charge in [-0.05, 0) is 98.8 Å². The smallest absolute Gasteiger partial charge is 0.136 e. The second-order valence-electron chi connectivity index (χ2n) is 11.5. The van der Waals surface area contributed by atoms with E-state index in [1.807, 2.05) is 6.20 Å². The van der Waals surface area contributed by atoms with E-state index in [1.54, 1.807) is 4.68 Å². The number of fused-ring (bicyclic) bond motifs is 5. The first kappa shape index (κ1) is 22.3. The van der Waals surface area contributed by atoms with E-state index in [0.29, 0.717) is 25.1 Å². The minimum Gasteiger partial charge on any atom is -0.394 e. The van der Waals surface area contributed by atoms with Crippen LogP contribution in [0.2, 0.25) is 0 Å². The van der Waals surface area contributed by atoms with Gasteiger partial charge in [0.25, 0.3) is 0 Å². The molecule has 1 heterocycles. The largest absolute Gasteiger partial charge is 0.394 e. The van der Waals surface area contributed by atoms with Crippen LogP contribution in [0.4, 0.5) is 0 Å². The van der Waals surface area contributed by atoms with Gasteiger partial charge in [0, 0.05) is 12.6 Å². The predicted molar refractivity (Wildman–Crippen MR) is 124 cm³/mol. The standard InChI is InChI=1S/C25H41N5O2/c1-24-10-7-18(28-32-14-13-30-16-19(9-12-26)27-29-30)15-17(24)3-4-20-21-5-6-23(31)25(21,2)11-8-22(20)24/h16-17,20-23,31H,3-15,26H2,1-2H3/t17?,20?,21?,22-,23?,24?,25?/m0/s1. The van der Waals surface area contributed by atoms with Crippen molar-refractivity contribution in [2.24, 2.45) is 45.4 Å². The Labute approximate surface area is 192 Å². The van der Waals surface area contributed by atoms with E-state index in [0.717, 1.165) is 55.0 Å². The van der Waals surface area contributed by atoms with Crippen LogP contribution in [-0.2, 0) is 17.8 Å². The average molecular weight is 444 g/mol.